The number of amides is 1. The second kappa shape index (κ2) is 6.33. The van der Waals surface area contributed by atoms with Gasteiger partial charge in [0.05, 0.1) is 16.0 Å². The number of benzene rings is 1. The predicted octanol–water partition coefficient (Wildman–Crippen LogP) is 2.78. The fourth-order valence-corrected chi connectivity index (χ4v) is 2.30. The summed E-state index contributed by atoms with van der Waals surface area (Å²) in [5.41, 5.74) is 1.74. The maximum Gasteiger partial charge on any atom is 0.312 e. The molecule has 2 rings (SSSR count). The average molecular weight is 326 g/mol. The van der Waals surface area contributed by atoms with E-state index < -0.39 is 22.3 Å². The second-order valence-electron chi connectivity index (χ2n) is 3.80. The van der Waals surface area contributed by atoms with Gasteiger partial charge >= 0.3 is 5.69 Å². The Bertz CT molecular complexity index is 716. The molecule has 0 bridgehead atoms. The van der Waals surface area contributed by atoms with Crippen molar-refractivity contribution in [2.45, 2.75) is 0 Å². The molecule has 1 heterocycles. The number of phenolic OH excluding ortho intramolecular Hbond substituents is 1. The molecule has 7 nitrogen and oxygen atoms in total. The highest BCUT2D eigenvalue weighted by molar-refractivity contribution is 7.12. The van der Waals surface area contributed by atoms with Crippen molar-refractivity contribution in [3.63, 3.8) is 0 Å². The number of nitrogens with one attached hydrogen (secondary N) is 1. The van der Waals surface area contributed by atoms with Gasteiger partial charge in [-0.2, -0.15) is 5.10 Å². The SMILES string of the molecule is O=C(NN=Cc1cc(Cl)cc([N+](=O)[O-])c1O)c1cccs1. The number of phenols is 1. The number of hydrogen-bond donors (Lipinski definition) is 2. The summed E-state index contributed by atoms with van der Waals surface area (Å²) >= 11 is 6.97. The highest BCUT2D eigenvalue weighted by Crippen LogP contribution is 2.32. The van der Waals surface area contributed by atoms with Gasteiger partial charge in [0, 0.05) is 16.7 Å². The molecule has 0 aliphatic heterocycles. The van der Waals surface area contributed by atoms with Gasteiger partial charge in [-0.3, -0.25) is 14.9 Å². The number of nitrogens with zero attached hydrogens (tertiary/aromatic N) is 2. The van der Waals surface area contributed by atoms with E-state index in [-0.39, 0.29) is 10.6 Å². The normalized spacial score (nSPS) is 10.7. The lowest BCUT2D eigenvalue weighted by molar-refractivity contribution is -0.385. The molecule has 1 aromatic carbocycles. The molecule has 0 saturated carbocycles. The van der Waals surface area contributed by atoms with Gasteiger partial charge in [0.15, 0.2) is 0 Å². The average Bonchev–Trinajstić information content (AvgIpc) is 2.95. The Morgan fingerprint density at radius 1 is 1.52 bits per heavy atom. The van der Waals surface area contributed by atoms with Crippen molar-refractivity contribution in [2.24, 2.45) is 5.10 Å². The lowest BCUT2D eigenvalue weighted by Gasteiger charge is -2.01. The molecule has 2 aromatic rings. The zero-order valence-electron chi connectivity index (χ0n) is 10.3. The number of hydrogen-bond acceptors (Lipinski definition) is 6. The number of halogens is 1. The summed E-state index contributed by atoms with van der Waals surface area (Å²) in [7, 11) is 0. The van der Waals surface area contributed by atoms with Crippen LogP contribution in [0.5, 0.6) is 5.75 Å². The fourth-order valence-electron chi connectivity index (χ4n) is 1.47. The number of thiophene rings is 1. The van der Waals surface area contributed by atoms with Crippen molar-refractivity contribution in [3.05, 3.63) is 55.2 Å². The Morgan fingerprint density at radius 2 is 2.29 bits per heavy atom. The first-order valence-corrected chi connectivity index (χ1v) is 6.78. The van der Waals surface area contributed by atoms with E-state index in [1.165, 1.54) is 17.4 Å². The molecule has 9 heteroatoms. The maximum absolute atomic E-state index is 11.6. The Balaban J connectivity index is 2.18. The van der Waals surface area contributed by atoms with Crippen molar-refractivity contribution in [1.82, 2.24) is 5.43 Å². The first-order valence-electron chi connectivity index (χ1n) is 5.53. The summed E-state index contributed by atoms with van der Waals surface area (Å²) in [6.07, 6.45) is 1.08. The third kappa shape index (κ3) is 3.56. The van der Waals surface area contributed by atoms with Crippen LogP contribution >= 0.6 is 22.9 Å². The summed E-state index contributed by atoms with van der Waals surface area (Å²) in [4.78, 5) is 22.1. The van der Waals surface area contributed by atoms with Crippen LogP contribution in [0.15, 0.2) is 34.7 Å². The molecule has 0 aliphatic carbocycles. The third-order valence-corrected chi connectivity index (χ3v) is 3.48. The molecule has 2 N–H and O–H groups in total. The summed E-state index contributed by atoms with van der Waals surface area (Å²) < 4.78 is 0. The smallest absolute Gasteiger partial charge is 0.312 e. The van der Waals surface area contributed by atoms with E-state index in [0.717, 1.165) is 12.3 Å². The van der Waals surface area contributed by atoms with Crippen LogP contribution < -0.4 is 5.43 Å². The van der Waals surface area contributed by atoms with Crippen LogP contribution in [0.4, 0.5) is 5.69 Å². The van der Waals surface area contributed by atoms with Gasteiger partial charge in [-0.15, -0.1) is 11.3 Å². The molecule has 1 aromatic heterocycles. The zero-order chi connectivity index (χ0) is 15.4. The van der Waals surface area contributed by atoms with E-state index in [1.807, 2.05) is 0 Å². The molecule has 108 valence electrons. The number of nitro benzene ring substituents is 1. The number of nitro groups is 1. The highest BCUT2D eigenvalue weighted by Gasteiger charge is 2.17. The molecule has 0 unspecified atom stereocenters. The van der Waals surface area contributed by atoms with Crippen LogP contribution in [-0.2, 0) is 0 Å². The molecule has 1 amide bonds. The van der Waals surface area contributed by atoms with Gasteiger partial charge in [0.1, 0.15) is 0 Å². The van der Waals surface area contributed by atoms with Gasteiger partial charge < -0.3 is 5.11 Å². The molecule has 0 aliphatic rings. The van der Waals surface area contributed by atoms with Crippen LogP contribution in [0.3, 0.4) is 0 Å². The summed E-state index contributed by atoms with van der Waals surface area (Å²) in [6, 6.07) is 5.66. The van der Waals surface area contributed by atoms with Crippen LogP contribution in [0.25, 0.3) is 0 Å². The number of carbonyl (C=O) groups is 1. The number of hydrazone groups is 1. The predicted molar refractivity (Wildman–Crippen MR) is 79.2 cm³/mol. The molecular formula is C12H8ClN3O4S. The Hall–Kier alpha value is -2.45. The van der Waals surface area contributed by atoms with E-state index in [9.17, 15) is 20.0 Å². The zero-order valence-corrected chi connectivity index (χ0v) is 11.9. The van der Waals surface area contributed by atoms with Crippen molar-refractivity contribution >= 4 is 40.7 Å². The monoisotopic (exact) mass is 325 g/mol. The van der Waals surface area contributed by atoms with Crippen LogP contribution in [0.2, 0.25) is 5.02 Å². The molecular weight excluding hydrogens is 318 g/mol. The van der Waals surface area contributed by atoms with E-state index in [2.05, 4.69) is 10.5 Å². The van der Waals surface area contributed by atoms with Crippen molar-refractivity contribution in [2.75, 3.05) is 0 Å². The van der Waals surface area contributed by atoms with Crippen LogP contribution in [0, 0.1) is 10.1 Å². The van der Waals surface area contributed by atoms with E-state index >= 15 is 0 Å². The Labute approximate surface area is 127 Å². The van der Waals surface area contributed by atoms with Gasteiger partial charge in [-0.1, -0.05) is 17.7 Å². The van der Waals surface area contributed by atoms with Crippen molar-refractivity contribution in [1.29, 1.82) is 0 Å². The maximum atomic E-state index is 11.6. The third-order valence-electron chi connectivity index (χ3n) is 2.40. The minimum atomic E-state index is -0.761. The first kappa shape index (κ1) is 14.9. The lowest BCUT2D eigenvalue weighted by Crippen LogP contribution is -2.16. The summed E-state index contributed by atoms with van der Waals surface area (Å²) in [5.74, 6) is -0.990. The van der Waals surface area contributed by atoms with Crippen molar-refractivity contribution in [3.8, 4) is 5.75 Å². The van der Waals surface area contributed by atoms with Gasteiger partial charge in [-0.25, -0.2) is 5.43 Å². The van der Waals surface area contributed by atoms with Crippen LogP contribution in [0.1, 0.15) is 15.2 Å². The van der Waals surface area contributed by atoms with E-state index in [1.54, 1.807) is 17.5 Å². The number of aromatic hydroxyl groups is 1. The lowest BCUT2D eigenvalue weighted by atomic mass is 10.2. The second-order valence-corrected chi connectivity index (χ2v) is 5.18. The Kier molecular flexibility index (Phi) is 4.51. The van der Waals surface area contributed by atoms with E-state index in [0.29, 0.717) is 4.88 Å². The molecule has 0 atom stereocenters. The quantitative estimate of drug-likeness (QED) is 0.512. The first-order chi connectivity index (χ1) is 9.99. The highest BCUT2D eigenvalue weighted by atomic mass is 35.5. The standard InChI is InChI=1S/C12H8ClN3O4S/c13-8-4-7(11(17)9(5-8)16(19)20)6-14-15-12(18)10-2-1-3-21-10/h1-6,17H,(H,15,18). The number of carbonyl (C=O) groups excluding carboxylic acids is 1. The molecule has 0 spiro atoms. The largest absolute Gasteiger partial charge is 0.502 e. The van der Waals surface area contributed by atoms with Gasteiger partial charge in [-0.05, 0) is 17.5 Å². The molecule has 0 radical (unpaired) electrons. The van der Waals surface area contributed by atoms with E-state index in [4.69, 9.17) is 11.6 Å². The molecule has 0 saturated heterocycles. The summed E-state index contributed by atoms with van der Waals surface area (Å²) in [5, 5.41) is 25.9. The topological polar surface area (TPSA) is 105 Å². The molecule has 21 heavy (non-hydrogen) atoms. The van der Waals surface area contributed by atoms with Crippen molar-refractivity contribution < 1.29 is 14.8 Å². The van der Waals surface area contributed by atoms with Crippen LogP contribution in [-0.4, -0.2) is 22.2 Å². The Morgan fingerprint density at radius 3 is 2.90 bits per heavy atom. The fraction of sp³-hybridized carbons (Fsp3) is 0. The van der Waals surface area contributed by atoms with Gasteiger partial charge in [0.25, 0.3) is 5.91 Å². The number of rotatable bonds is 4. The van der Waals surface area contributed by atoms with Gasteiger partial charge in [0.2, 0.25) is 5.75 Å². The molecule has 0 fully saturated rings. The summed E-state index contributed by atoms with van der Waals surface area (Å²) in [6.45, 7) is 0. The minimum Gasteiger partial charge on any atom is -0.502 e. The minimum absolute atomic E-state index is 0.0284.